The van der Waals surface area contributed by atoms with Crippen LogP contribution < -0.4 is 10.9 Å². The number of aromatic amines is 2. The molecule has 8 heteroatoms. The Bertz CT molecular complexity index is 582. The van der Waals surface area contributed by atoms with E-state index in [9.17, 15) is 9.59 Å². The highest BCUT2D eigenvalue weighted by molar-refractivity contribution is 6.00. The van der Waals surface area contributed by atoms with Gasteiger partial charge in [0.1, 0.15) is 5.82 Å². The van der Waals surface area contributed by atoms with Crippen molar-refractivity contribution in [3.63, 3.8) is 0 Å². The zero-order valence-corrected chi connectivity index (χ0v) is 9.73. The predicted molar refractivity (Wildman–Crippen MR) is 63.2 cm³/mol. The van der Waals surface area contributed by atoms with E-state index in [1.54, 1.807) is 0 Å². The van der Waals surface area contributed by atoms with E-state index in [-0.39, 0.29) is 17.2 Å². The summed E-state index contributed by atoms with van der Waals surface area (Å²) in [7, 11) is 0. The number of nitrogens with zero attached hydrogens (tertiary/aromatic N) is 3. The van der Waals surface area contributed by atoms with E-state index < -0.39 is 5.91 Å². The van der Waals surface area contributed by atoms with Crippen LogP contribution in [0.25, 0.3) is 0 Å². The van der Waals surface area contributed by atoms with E-state index in [0.717, 1.165) is 12.8 Å². The molecule has 0 saturated heterocycles. The van der Waals surface area contributed by atoms with Crippen LogP contribution in [0.2, 0.25) is 0 Å². The van der Waals surface area contributed by atoms with Gasteiger partial charge in [-0.25, -0.2) is 10.1 Å². The maximum Gasteiger partial charge on any atom is 0.296 e. The molecule has 3 N–H and O–H groups in total. The summed E-state index contributed by atoms with van der Waals surface area (Å²) in [4.78, 5) is 26.6. The second-order valence-corrected chi connectivity index (χ2v) is 3.62. The zero-order chi connectivity index (χ0) is 13.0. The number of carbonyl (C=O) groups is 1. The number of aromatic nitrogens is 5. The molecule has 2 rings (SSSR count). The largest absolute Gasteiger partial charge is 0.302 e. The first kappa shape index (κ1) is 12.0. The van der Waals surface area contributed by atoms with Gasteiger partial charge in [-0.3, -0.25) is 14.7 Å². The molecule has 0 fully saturated rings. The summed E-state index contributed by atoms with van der Waals surface area (Å²) in [6.07, 6.45) is 1.65. The van der Waals surface area contributed by atoms with E-state index in [4.69, 9.17) is 0 Å². The molecule has 0 aliphatic rings. The number of H-pyrrole nitrogens is 2. The second kappa shape index (κ2) is 5.21. The van der Waals surface area contributed by atoms with Crippen LogP contribution in [0.3, 0.4) is 0 Å². The fourth-order valence-electron chi connectivity index (χ4n) is 1.33. The summed E-state index contributed by atoms with van der Waals surface area (Å²) in [5.41, 5.74) is -0.337. The fraction of sp³-hybridized carbons (Fsp3) is 0.300. The summed E-state index contributed by atoms with van der Waals surface area (Å²) in [5, 5.41) is 14.8. The molecule has 2 heterocycles. The van der Waals surface area contributed by atoms with E-state index in [0.29, 0.717) is 5.82 Å². The Labute approximate surface area is 102 Å². The van der Waals surface area contributed by atoms with Gasteiger partial charge < -0.3 is 5.32 Å². The average molecular weight is 248 g/mol. The monoisotopic (exact) mass is 248 g/mol. The number of hydrogen-bond donors (Lipinski definition) is 3. The van der Waals surface area contributed by atoms with Gasteiger partial charge in [0, 0.05) is 12.5 Å². The molecule has 0 unspecified atom stereocenters. The van der Waals surface area contributed by atoms with Gasteiger partial charge in [-0.1, -0.05) is 6.92 Å². The lowest BCUT2D eigenvalue weighted by Gasteiger charge is -1.98. The molecule has 0 spiro atoms. The van der Waals surface area contributed by atoms with Crippen LogP contribution in [0, 0.1) is 0 Å². The molecule has 0 radical (unpaired) electrons. The third-order valence-electron chi connectivity index (χ3n) is 2.14. The summed E-state index contributed by atoms with van der Waals surface area (Å²) in [6.45, 7) is 2.01. The molecule has 94 valence electrons. The molecule has 1 amide bonds. The van der Waals surface area contributed by atoms with Crippen LogP contribution in [-0.4, -0.2) is 31.3 Å². The van der Waals surface area contributed by atoms with Crippen molar-refractivity contribution < 1.29 is 4.79 Å². The normalized spacial score (nSPS) is 10.3. The fourth-order valence-corrected chi connectivity index (χ4v) is 1.33. The summed E-state index contributed by atoms with van der Waals surface area (Å²) in [6, 6.07) is 2.67. The highest BCUT2D eigenvalue weighted by Gasteiger charge is 2.12. The van der Waals surface area contributed by atoms with Gasteiger partial charge in [-0.05, 0) is 12.5 Å². The van der Waals surface area contributed by atoms with Crippen molar-refractivity contribution in [1.82, 2.24) is 25.4 Å². The number of hydrogen-bond acceptors (Lipinski definition) is 5. The van der Waals surface area contributed by atoms with Gasteiger partial charge >= 0.3 is 0 Å². The van der Waals surface area contributed by atoms with Crippen molar-refractivity contribution in [3.05, 3.63) is 34.1 Å². The molecule has 2 aromatic rings. The lowest BCUT2D eigenvalue weighted by Crippen LogP contribution is -2.17. The number of amides is 1. The van der Waals surface area contributed by atoms with Crippen molar-refractivity contribution in [3.8, 4) is 0 Å². The maximum absolute atomic E-state index is 11.7. The highest BCUT2D eigenvalue weighted by atomic mass is 16.2. The molecule has 0 bridgehead atoms. The summed E-state index contributed by atoms with van der Waals surface area (Å²) in [5.74, 6) is 0.470. The first-order valence-corrected chi connectivity index (χ1v) is 5.47. The summed E-state index contributed by atoms with van der Waals surface area (Å²) >= 11 is 0. The van der Waals surface area contributed by atoms with Crippen molar-refractivity contribution in [2.75, 3.05) is 5.32 Å². The SMILES string of the molecule is CCCc1nc(C(=O)Nc2ccc(=O)[nH]n2)n[nH]1. The van der Waals surface area contributed by atoms with Gasteiger partial charge in [-0.15, -0.1) is 5.10 Å². The maximum atomic E-state index is 11.7. The Balaban J connectivity index is 2.06. The summed E-state index contributed by atoms with van der Waals surface area (Å²) < 4.78 is 0. The van der Waals surface area contributed by atoms with E-state index in [1.807, 2.05) is 6.92 Å². The van der Waals surface area contributed by atoms with Crippen LogP contribution in [-0.2, 0) is 6.42 Å². The van der Waals surface area contributed by atoms with Gasteiger partial charge in [0.05, 0.1) is 0 Å². The number of rotatable bonds is 4. The predicted octanol–water partition coefficient (Wildman–Crippen LogP) is 0.0928. The second-order valence-electron chi connectivity index (χ2n) is 3.62. The topological polar surface area (TPSA) is 116 Å². The van der Waals surface area contributed by atoms with Crippen LogP contribution in [0.1, 0.15) is 29.8 Å². The van der Waals surface area contributed by atoms with Crippen molar-refractivity contribution in [2.45, 2.75) is 19.8 Å². The van der Waals surface area contributed by atoms with Gasteiger partial charge in [0.25, 0.3) is 11.5 Å². The third-order valence-corrected chi connectivity index (χ3v) is 2.14. The van der Waals surface area contributed by atoms with Crippen molar-refractivity contribution >= 4 is 11.7 Å². The van der Waals surface area contributed by atoms with Crippen LogP contribution in [0.5, 0.6) is 0 Å². The van der Waals surface area contributed by atoms with Gasteiger partial charge in [0.2, 0.25) is 5.82 Å². The molecule has 0 aromatic carbocycles. The quantitative estimate of drug-likeness (QED) is 0.709. The minimum absolute atomic E-state index is 0.0476. The number of nitrogens with one attached hydrogen (secondary N) is 3. The number of aryl methyl sites for hydroxylation is 1. The average Bonchev–Trinajstić information content (AvgIpc) is 2.81. The third kappa shape index (κ3) is 2.78. The van der Waals surface area contributed by atoms with Crippen molar-refractivity contribution in [2.24, 2.45) is 0 Å². The molecular weight excluding hydrogens is 236 g/mol. The van der Waals surface area contributed by atoms with E-state index in [1.165, 1.54) is 12.1 Å². The Morgan fingerprint density at radius 3 is 2.83 bits per heavy atom. The molecule has 2 aromatic heterocycles. The molecule has 18 heavy (non-hydrogen) atoms. The first-order chi connectivity index (χ1) is 8.69. The van der Waals surface area contributed by atoms with Crippen molar-refractivity contribution in [1.29, 1.82) is 0 Å². The smallest absolute Gasteiger partial charge is 0.296 e. The molecule has 0 aliphatic heterocycles. The Morgan fingerprint density at radius 2 is 2.17 bits per heavy atom. The minimum Gasteiger partial charge on any atom is -0.302 e. The number of anilines is 1. The molecule has 0 atom stereocenters. The molecule has 8 nitrogen and oxygen atoms in total. The lowest BCUT2D eigenvalue weighted by molar-refractivity contribution is 0.101. The Morgan fingerprint density at radius 1 is 1.33 bits per heavy atom. The number of carbonyl (C=O) groups excluding carboxylic acids is 1. The van der Waals surface area contributed by atoms with Gasteiger partial charge in [0.15, 0.2) is 5.82 Å². The van der Waals surface area contributed by atoms with Crippen LogP contribution in [0.15, 0.2) is 16.9 Å². The van der Waals surface area contributed by atoms with E-state index in [2.05, 4.69) is 30.7 Å². The highest BCUT2D eigenvalue weighted by Crippen LogP contribution is 2.01. The van der Waals surface area contributed by atoms with Crippen LogP contribution >= 0.6 is 0 Å². The van der Waals surface area contributed by atoms with Gasteiger partial charge in [-0.2, -0.15) is 5.10 Å². The Kier molecular flexibility index (Phi) is 3.46. The van der Waals surface area contributed by atoms with Crippen LogP contribution in [0.4, 0.5) is 5.82 Å². The molecule has 0 aliphatic carbocycles. The molecule has 0 saturated carbocycles. The van der Waals surface area contributed by atoms with E-state index >= 15 is 0 Å². The Hall–Kier alpha value is -2.51. The minimum atomic E-state index is -0.479. The zero-order valence-electron chi connectivity index (χ0n) is 9.73. The molecular formula is C10H12N6O2. The lowest BCUT2D eigenvalue weighted by atomic mass is 10.3. The standard InChI is InChI=1S/C10H12N6O2/c1-2-3-6-11-9(16-14-6)10(18)12-7-4-5-8(17)15-13-7/h4-5H,2-3H2,1H3,(H,15,17)(H,11,14,16)(H,12,13,18). The first-order valence-electron chi connectivity index (χ1n) is 5.47.